The number of carbonyl (C=O) groups is 1. The van der Waals surface area contributed by atoms with Crippen LogP contribution in [-0.2, 0) is 9.47 Å². The fraction of sp³-hybridized carbons (Fsp3) is 0.448. The maximum Gasteiger partial charge on any atom is 0.253 e. The molecule has 1 aliphatic rings. The Morgan fingerprint density at radius 3 is 2.65 bits per heavy atom. The van der Waals surface area contributed by atoms with Gasteiger partial charge in [0.15, 0.2) is 11.3 Å². The standard InChI is InChI=1S/C29H37N3O5/c1-20-17-23(28-24(18-20)26(33)19-27(37-28)32-12-7-4-8-13-32)21(2)31-25-10-6-5-9-22(25)29(34)30-11-14-36-16-15-35-3/h5-6,9-10,17-19,21,31H,4,7-8,11-16H2,1-3H3,(H,30,34). The average Bonchev–Trinajstić information content (AvgIpc) is 2.91. The molecule has 1 atom stereocenters. The van der Waals surface area contributed by atoms with Gasteiger partial charge in [-0.15, -0.1) is 0 Å². The van der Waals surface area contributed by atoms with E-state index in [4.69, 9.17) is 13.9 Å². The molecule has 0 spiro atoms. The molecule has 198 valence electrons. The van der Waals surface area contributed by atoms with Crippen molar-refractivity contribution in [1.82, 2.24) is 5.32 Å². The van der Waals surface area contributed by atoms with Gasteiger partial charge in [-0.1, -0.05) is 18.2 Å². The SMILES string of the molecule is COCCOCCNC(=O)c1ccccc1NC(C)c1cc(C)cc2c(=O)cc(N3CCCCC3)oc12. The molecule has 1 saturated heterocycles. The van der Waals surface area contributed by atoms with Crippen molar-refractivity contribution in [2.24, 2.45) is 0 Å². The third-order valence-electron chi connectivity index (χ3n) is 6.63. The van der Waals surface area contributed by atoms with Gasteiger partial charge in [-0.3, -0.25) is 9.59 Å². The smallest absolute Gasteiger partial charge is 0.253 e. The maximum atomic E-state index is 13.1. The molecule has 0 bridgehead atoms. The molecule has 0 radical (unpaired) electrons. The van der Waals surface area contributed by atoms with Crippen molar-refractivity contribution >= 4 is 28.4 Å². The van der Waals surface area contributed by atoms with Crippen molar-refractivity contribution in [3.05, 3.63) is 69.4 Å². The van der Waals surface area contributed by atoms with Gasteiger partial charge in [-0.05, 0) is 56.9 Å². The number of hydrogen-bond acceptors (Lipinski definition) is 7. The quantitative estimate of drug-likeness (QED) is 0.365. The van der Waals surface area contributed by atoms with Crippen molar-refractivity contribution in [3.63, 3.8) is 0 Å². The first-order valence-corrected chi connectivity index (χ1v) is 13.0. The summed E-state index contributed by atoms with van der Waals surface area (Å²) in [5.41, 5.74) is 3.66. The van der Waals surface area contributed by atoms with Gasteiger partial charge in [0.1, 0.15) is 5.58 Å². The molecule has 1 aliphatic heterocycles. The summed E-state index contributed by atoms with van der Waals surface area (Å²) < 4.78 is 16.8. The van der Waals surface area contributed by atoms with Crippen LogP contribution in [0.3, 0.4) is 0 Å². The summed E-state index contributed by atoms with van der Waals surface area (Å²) in [5.74, 6) is 0.445. The molecule has 1 unspecified atom stereocenters. The lowest BCUT2D eigenvalue weighted by Gasteiger charge is -2.27. The molecule has 1 amide bonds. The lowest BCUT2D eigenvalue weighted by Crippen LogP contribution is -2.30. The van der Waals surface area contributed by atoms with E-state index in [-0.39, 0.29) is 17.4 Å². The summed E-state index contributed by atoms with van der Waals surface area (Å²) in [4.78, 5) is 28.1. The molecule has 2 heterocycles. The lowest BCUT2D eigenvalue weighted by atomic mass is 10.0. The van der Waals surface area contributed by atoms with Crippen LogP contribution in [-0.4, -0.2) is 52.5 Å². The molecule has 2 aromatic carbocycles. The number of hydrogen-bond donors (Lipinski definition) is 2. The van der Waals surface area contributed by atoms with Crippen LogP contribution in [0.4, 0.5) is 11.6 Å². The second-order valence-electron chi connectivity index (χ2n) is 9.50. The third-order valence-corrected chi connectivity index (χ3v) is 6.63. The zero-order chi connectivity index (χ0) is 26.2. The van der Waals surface area contributed by atoms with Crippen molar-refractivity contribution in [2.75, 3.05) is 56.8 Å². The molecular weight excluding hydrogens is 470 g/mol. The number of methoxy groups -OCH3 is 1. The van der Waals surface area contributed by atoms with E-state index in [0.29, 0.717) is 54.5 Å². The first-order chi connectivity index (χ1) is 18.0. The minimum atomic E-state index is -0.214. The van der Waals surface area contributed by atoms with Gasteiger partial charge in [-0.2, -0.15) is 0 Å². The summed E-state index contributed by atoms with van der Waals surface area (Å²) in [6.07, 6.45) is 3.39. The minimum Gasteiger partial charge on any atom is -0.440 e. The van der Waals surface area contributed by atoms with Gasteiger partial charge < -0.3 is 29.4 Å². The molecule has 8 heteroatoms. The number of rotatable bonds is 11. The Balaban J connectivity index is 1.56. The molecule has 2 N–H and O–H groups in total. The number of amides is 1. The molecule has 0 aliphatic carbocycles. The summed E-state index contributed by atoms with van der Waals surface area (Å²) in [6, 6.07) is 12.7. The first-order valence-electron chi connectivity index (χ1n) is 13.0. The highest BCUT2D eigenvalue weighted by molar-refractivity contribution is 5.99. The van der Waals surface area contributed by atoms with Gasteiger partial charge in [0.2, 0.25) is 0 Å². The molecule has 8 nitrogen and oxygen atoms in total. The number of nitrogens with zero attached hydrogens (tertiary/aromatic N) is 1. The Kier molecular flexibility index (Phi) is 9.19. The molecule has 3 aromatic rings. The second kappa shape index (κ2) is 12.7. The van der Waals surface area contributed by atoms with E-state index in [2.05, 4.69) is 15.5 Å². The van der Waals surface area contributed by atoms with Gasteiger partial charge in [0, 0.05) is 44.1 Å². The monoisotopic (exact) mass is 507 g/mol. The molecular formula is C29H37N3O5. The topological polar surface area (TPSA) is 93.0 Å². The van der Waals surface area contributed by atoms with E-state index in [0.717, 1.165) is 37.1 Å². The van der Waals surface area contributed by atoms with Gasteiger partial charge in [0.25, 0.3) is 5.91 Å². The van der Waals surface area contributed by atoms with Gasteiger partial charge >= 0.3 is 0 Å². The van der Waals surface area contributed by atoms with Crippen LogP contribution in [0.5, 0.6) is 0 Å². The highest BCUT2D eigenvalue weighted by Crippen LogP contribution is 2.31. The summed E-state index contributed by atoms with van der Waals surface area (Å²) >= 11 is 0. The lowest BCUT2D eigenvalue weighted by molar-refractivity contribution is 0.0693. The van der Waals surface area contributed by atoms with Crippen molar-refractivity contribution in [2.45, 2.75) is 39.2 Å². The average molecular weight is 508 g/mol. The second-order valence-corrected chi connectivity index (χ2v) is 9.50. The van der Waals surface area contributed by atoms with Crippen LogP contribution >= 0.6 is 0 Å². The molecule has 1 fully saturated rings. The Hall–Kier alpha value is -3.36. The number of carbonyl (C=O) groups excluding carboxylic acids is 1. The van der Waals surface area contributed by atoms with E-state index in [9.17, 15) is 9.59 Å². The van der Waals surface area contributed by atoms with Gasteiger partial charge in [-0.25, -0.2) is 0 Å². The first kappa shape index (κ1) is 26.7. The maximum absolute atomic E-state index is 13.1. The van der Waals surface area contributed by atoms with Crippen LogP contribution < -0.4 is 21.0 Å². The number of aryl methyl sites for hydroxylation is 1. The minimum absolute atomic E-state index is 0.0357. The van der Waals surface area contributed by atoms with E-state index in [1.807, 2.05) is 44.2 Å². The highest BCUT2D eigenvalue weighted by atomic mass is 16.5. The van der Waals surface area contributed by atoms with Crippen molar-refractivity contribution < 1.29 is 18.7 Å². The number of anilines is 2. The normalized spacial score (nSPS) is 14.5. The van der Waals surface area contributed by atoms with Crippen LogP contribution in [0.1, 0.15) is 53.7 Å². The van der Waals surface area contributed by atoms with Crippen LogP contribution in [0.25, 0.3) is 11.0 Å². The fourth-order valence-electron chi connectivity index (χ4n) is 4.71. The largest absolute Gasteiger partial charge is 0.440 e. The van der Waals surface area contributed by atoms with Gasteiger partial charge in [0.05, 0.1) is 36.8 Å². The Labute approximate surface area is 217 Å². The number of piperidine rings is 1. The number of fused-ring (bicyclic) bond motifs is 1. The van der Waals surface area contributed by atoms with E-state index >= 15 is 0 Å². The van der Waals surface area contributed by atoms with Crippen LogP contribution in [0, 0.1) is 6.92 Å². The third kappa shape index (κ3) is 6.70. The zero-order valence-electron chi connectivity index (χ0n) is 22.0. The van der Waals surface area contributed by atoms with Crippen molar-refractivity contribution in [3.8, 4) is 0 Å². The Morgan fingerprint density at radius 2 is 1.86 bits per heavy atom. The van der Waals surface area contributed by atoms with E-state index in [1.165, 1.54) is 6.42 Å². The Bertz CT molecular complexity index is 1270. The highest BCUT2D eigenvalue weighted by Gasteiger charge is 2.20. The number of nitrogens with one attached hydrogen (secondary N) is 2. The molecule has 4 rings (SSSR count). The summed E-state index contributed by atoms with van der Waals surface area (Å²) in [6.45, 7) is 7.60. The Morgan fingerprint density at radius 1 is 1.08 bits per heavy atom. The summed E-state index contributed by atoms with van der Waals surface area (Å²) in [5, 5.41) is 6.96. The molecule has 0 saturated carbocycles. The van der Waals surface area contributed by atoms with E-state index in [1.54, 1.807) is 19.2 Å². The van der Waals surface area contributed by atoms with E-state index < -0.39 is 0 Å². The number of benzene rings is 2. The predicted molar refractivity (Wildman–Crippen MR) is 147 cm³/mol. The van der Waals surface area contributed by atoms with Crippen LogP contribution in [0.2, 0.25) is 0 Å². The van der Waals surface area contributed by atoms with Crippen molar-refractivity contribution in [1.29, 1.82) is 0 Å². The number of ether oxygens (including phenoxy) is 2. The molecule has 1 aromatic heterocycles. The summed E-state index contributed by atoms with van der Waals surface area (Å²) in [7, 11) is 1.62. The zero-order valence-corrected chi connectivity index (χ0v) is 22.0. The molecule has 37 heavy (non-hydrogen) atoms. The van der Waals surface area contributed by atoms with Crippen LogP contribution in [0.15, 0.2) is 51.7 Å². The number of para-hydroxylation sites is 1. The predicted octanol–water partition coefficient (Wildman–Crippen LogP) is 4.66. The fourth-order valence-corrected chi connectivity index (χ4v) is 4.71.